The predicted molar refractivity (Wildman–Crippen MR) is 28.5 cm³/mol. The molecular formula is C3H7SSi. The van der Waals surface area contributed by atoms with Crippen molar-refractivity contribution in [2.24, 2.45) is 0 Å². The highest BCUT2D eigenvalue weighted by Crippen LogP contribution is 1.89. The van der Waals surface area contributed by atoms with Gasteiger partial charge in [-0.15, -0.1) is 0 Å². The molecule has 0 saturated heterocycles. The highest BCUT2D eigenvalue weighted by Gasteiger charge is 1.68. The van der Waals surface area contributed by atoms with Gasteiger partial charge in [0.15, 0.2) is 0 Å². The molecule has 3 radical (unpaired) electrons. The first kappa shape index (κ1) is 5.57. The number of hydrogen-bond acceptors (Lipinski definition) is 1. The van der Waals surface area contributed by atoms with Crippen molar-refractivity contribution in [2.45, 2.75) is 13.3 Å². The molecular weight excluding hydrogens is 96.2 g/mol. The Bertz CT molecular complexity index is 14.4. The van der Waals surface area contributed by atoms with E-state index in [1.165, 1.54) is 12.2 Å². The summed E-state index contributed by atoms with van der Waals surface area (Å²) in [4.78, 5) is 0. The van der Waals surface area contributed by atoms with Gasteiger partial charge >= 0.3 is 0 Å². The quantitative estimate of drug-likeness (QED) is 0.473. The van der Waals surface area contributed by atoms with Crippen LogP contribution in [-0.2, 0) is 0 Å². The second-order valence-electron chi connectivity index (χ2n) is 0.848. The Hall–Kier alpha value is 0.567. The van der Waals surface area contributed by atoms with Crippen LogP contribution in [0, 0.1) is 0 Å². The van der Waals surface area contributed by atoms with E-state index in [0.29, 0.717) is 0 Å². The lowest BCUT2D eigenvalue weighted by Crippen LogP contribution is -1.66. The molecule has 0 rings (SSSR count). The highest BCUT2D eigenvalue weighted by atomic mass is 32.4. The van der Waals surface area contributed by atoms with Crippen molar-refractivity contribution >= 4 is 20.6 Å². The summed E-state index contributed by atoms with van der Waals surface area (Å²) in [6, 6.07) is 0. The lowest BCUT2D eigenvalue weighted by molar-refractivity contribution is 1.11. The first-order chi connectivity index (χ1) is 2.41. The normalized spacial score (nSPS) is 8.40. The van der Waals surface area contributed by atoms with Crippen molar-refractivity contribution in [1.82, 2.24) is 0 Å². The van der Waals surface area contributed by atoms with Gasteiger partial charge in [-0.25, -0.2) is 0 Å². The lowest BCUT2D eigenvalue weighted by Gasteiger charge is -1.79. The van der Waals surface area contributed by atoms with Crippen LogP contribution in [0.3, 0.4) is 0 Å². The maximum absolute atomic E-state index is 3.27. The zero-order valence-electron chi connectivity index (χ0n) is 3.32. The van der Waals surface area contributed by atoms with Crippen LogP contribution in [0.1, 0.15) is 13.3 Å². The third-order valence-corrected chi connectivity index (χ3v) is 1.53. The molecule has 2 heteroatoms. The van der Waals surface area contributed by atoms with Gasteiger partial charge in [-0.2, -0.15) is 11.2 Å². The van der Waals surface area contributed by atoms with E-state index in [2.05, 4.69) is 16.3 Å². The molecule has 0 bridgehead atoms. The van der Waals surface area contributed by atoms with Gasteiger partial charge in [0.25, 0.3) is 0 Å². The number of rotatable bonds is 2. The number of hydrogen-bond donors (Lipinski definition) is 0. The Morgan fingerprint density at radius 3 is 2.40 bits per heavy atom. The van der Waals surface area contributed by atoms with E-state index in [4.69, 9.17) is 0 Å². The van der Waals surface area contributed by atoms with Gasteiger partial charge in [0.1, 0.15) is 9.39 Å². The molecule has 0 aliphatic carbocycles. The zero-order chi connectivity index (χ0) is 4.12. The fourth-order valence-electron chi connectivity index (χ4n) is 0.102. The van der Waals surface area contributed by atoms with E-state index in [-0.39, 0.29) is 0 Å². The fourth-order valence-corrected chi connectivity index (χ4v) is 0.919. The SMILES string of the molecule is CCCS[Si]. The van der Waals surface area contributed by atoms with Crippen LogP contribution >= 0.6 is 11.2 Å². The maximum Gasteiger partial charge on any atom is 0.120 e. The highest BCUT2D eigenvalue weighted by molar-refractivity contribution is 8.19. The Morgan fingerprint density at radius 2 is 2.40 bits per heavy atom. The first-order valence-electron chi connectivity index (χ1n) is 1.70. The Kier molecular flexibility index (Phi) is 5.08. The molecule has 0 aromatic heterocycles. The van der Waals surface area contributed by atoms with Crippen molar-refractivity contribution in [2.75, 3.05) is 5.75 Å². The third kappa shape index (κ3) is 4.57. The van der Waals surface area contributed by atoms with Gasteiger partial charge in [0, 0.05) is 0 Å². The van der Waals surface area contributed by atoms with Crippen molar-refractivity contribution in [3.05, 3.63) is 0 Å². The summed E-state index contributed by atoms with van der Waals surface area (Å²) in [6.07, 6.45) is 1.26. The molecule has 0 fully saturated rings. The summed E-state index contributed by atoms with van der Waals surface area (Å²) in [5.74, 6) is 1.22. The van der Waals surface area contributed by atoms with E-state index in [0.717, 1.165) is 0 Å². The van der Waals surface area contributed by atoms with Crippen LogP contribution < -0.4 is 0 Å². The summed E-state index contributed by atoms with van der Waals surface area (Å²) < 4.78 is 0. The molecule has 0 saturated carbocycles. The second kappa shape index (κ2) is 4.57. The van der Waals surface area contributed by atoms with Gasteiger partial charge in [-0.05, 0) is 12.2 Å². The van der Waals surface area contributed by atoms with Gasteiger partial charge in [-0.1, -0.05) is 6.92 Å². The smallest absolute Gasteiger partial charge is 0.120 e. The molecule has 5 heavy (non-hydrogen) atoms. The molecule has 0 spiro atoms. The summed E-state index contributed by atoms with van der Waals surface area (Å²) in [5, 5.41) is 0. The average molecular weight is 103 g/mol. The summed E-state index contributed by atoms with van der Waals surface area (Å²) in [6.45, 7) is 2.16. The van der Waals surface area contributed by atoms with Crippen LogP contribution in [0.25, 0.3) is 0 Å². The zero-order valence-corrected chi connectivity index (χ0v) is 5.14. The Labute approximate surface area is 40.4 Å². The van der Waals surface area contributed by atoms with Crippen LogP contribution in [-0.4, -0.2) is 15.1 Å². The van der Waals surface area contributed by atoms with Crippen molar-refractivity contribution < 1.29 is 0 Å². The van der Waals surface area contributed by atoms with E-state index in [1.54, 1.807) is 11.2 Å². The third-order valence-electron chi connectivity index (χ3n) is 0.306. The van der Waals surface area contributed by atoms with Crippen LogP contribution in [0.4, 0.5) is 0 Å². The van der Waals surface area contributed by atoms with Gasteiger partial charge in [0.05, 0.1) is 0 Å². The summed E-state index contributed by atoms with van der Waals surface area (Å²) in [5.41, 5.74) is 0. The second-order valence-corrected chi connectivity index (χ2v) is 2.41. The van der Waals surface area contributed by atoms with Crippen molar-refractivity contribution in [3.8, 4) is 0 Å². The monoisotopic (exact) mass is 103 g/mol. The van der Waals surface area contributed by atoms with Gasteiger partial charge in [-0.3, -0.25) is 0 Å². The Morgan fingerprint density at radius 1 is 1.80 bits per heavy atom. The van der Waals surface area contributed by atoms with E-state index in [9.17, 15) is 0 Å². The maximum atomic E-state index is 3.27. The molecule has 0 amide bonds. The molecule has 0 nitrogen and oxygen atoms in total. The molecule has 0 N–H and O–H groups in total. The molecule has 0 atom stereocenters. The molecule has 29 valence electrons. The van der Waals surface area contributed by atoms with Crippen LogP contribution in [0.5, 0.6) is 0 Å². The molecule has 0 unspecified atom stereocenters. The van der Waals surface area contributed by atoms with E-state index in [1.807, 2.05) is 0 Å². The molecule has 0 aliphatic rings. The standard InChI is InChI=1S/C3H7SSi/c1-2-3-4-5/h2-3H2,1H3. The Balaban J connectivity index is 2.19. The summed E-state index contributed by atoms with van der Waals surface area (Å²) >= 11 is 1.71. The first-order valence-corrected chi connectivity index (χ1v) is 3.91. The molecule has 0 heterocycles. The van der Waals surface area contributed by atoms with Crippen molar-refractivity contribution in [3.63, 3.8) is 0 Å². The van der Waals surface area contributed by atoms with Crippen molar-refractivity contribution in [1.29, 1.82) is 0 Å². The van der Waals surface area contributed by atoms with E-state index < -0.39 is 0 Å². The van der Waals surface area contributed by atoms with Gasteiger partial charge in [0.2, 0.25) is 0 Å². The van der Waals surface area contributed by atoms with E-state index >= 15 is 0 Å². The average Bonchev–Trinajstić information content (AvgIpc) is 1.41. The minimum atomic E-state index is 1.22. The van der Waals surface area contributed by atoms with Crippen LogP contribution in [0.15, 0.2) is 0 Å². The van der Waals surface area contributed by atoms with Gasteiger partial charge < -0.3 is 0 Å². The fraction of sp³-hybridized carbons (Fsp3) is 1.00. The lowest BCUT2D eigenvalue weighted by atomic mass is 10.6. The van der Waals surface area contributed by atoms with Crippen LogP contribution in [0.2, 0.25) is 0 Å². The largest absolute Gasteiger partial charge is 0.193 e. The minimum Gasteiger partial charge on any atom is -0.193 e. The summed E-state index contributed by atoms with van der Waals surface area (Å²) in [7, 11) is 3.27. The molecule has 0 aromatic rings. The predicted octanol–water partition coefficient (Wildman–Crippen LogP) is 1.21. The minimum absolute atomic E-state index is 1.22. The molecule has 0 aromatic carbocycles. The topological polar surface area (TPSA) is 0 Å². The molecule has 0 aliphatic heterocycles.